The van der Waals surface area contributed by atoms with Gasteiger partial charge in [0, 0.05) is 29.9 Å². The minimum Gasteiger partial charge on any atom is -0.348 e. The fraction of sp³-hybridized carbons (Fsp3) is 0.706. The van der Waals surface area contributed by atoms with Crippen LogP contribution in [-0.4, -0.2) is 21.9 Å². The lowest BCUT2D eigenvalue weighted by Gasteiger charge is -2.31. The summed E-state index contributed by atoms with van der Waals surface area (Å²) >= 11 is 2.08. The summed E-state index contributed by atoms with van der Waals surface area (Å²) in [5.41, 5.74) is 3.71. The van der Waals surface area contributed by atoms with Crippen LogP contribution in [0.5, 0.6) is 0 Å². The first kappa shape index (κ1) is 14.2. The van der Waals surface area contributed by atoms with E-state index >= 15 is 0 Å². The van der Waals surface area contributed by atoms with Gasteiger partial charge in [-0.3, -0.25) is 4.79 Å². The molecular formula is C17H25NOS. The number of nitrogens with zero attached hydrogens (tertiary/aromatic N) is 1. The Morgan fingerprint density at radius 2 is 2.00 bits per heavy atom. The van der Waals surface area contributed by atoms with Crippen LogP contribution in [0.4, 0.5) is 0 Å². The molecule has 3 rings (SSSR count). The molecule has 0 saturated carbocycles. The minimum atomic E-state index is 0.120. The van der Waals surface area contributed by atoms with Crippen LogP contribution >= 0.6 is 11.8 Å². The predicted octanol–water partition coefficient (Wildman–Crippen LogP) is 4.09. The largest absolute Gasteiger partial charge is 0.348 e. The summed E-state index contributed by atoms with van der Waals surface area (Å²) in [5.74, 6) is 3.75. The van der Waals surface area contributed by atoms with Crippen molar-refractivity contribution in [2.45, 2.75) is 53.0 Å². The topological polar surface area (TPSA) is 22.0 Å². The van der Waals surface area contributed by atoms with E-state index in [1.165, 1.54) is 35.7 Å². The van der Waals surface area contributed by atoms with E-state index in [0.717, 1.165) is 24.4 Å². The Hall–Kier alpha value is -0.700. The van der Waals surface area contributed by atoms with E-state index in [2.05, 4.69) is 43.2 Å². The second-order valence-electron chi connectivity index (χ2n) is 7.25. The number of fused-ring (bicyclic) bond motifs is 1. The first-order valence-corrected chi connectivity index (χ1v) is 8.92. The van der Waals surface area contributed by atoms with Crippen molar-refractivity contribution >= 4 is 17.5 Å². The Kier molecular flexibility index (Phi) is 3.74. The van der Waals surface area contributed by atoms with Crippen molar-refractivity contribution in [1.82, 2.24) is 4.57 Å². The van der Waals surface area contributed by atoms with Gasteiger partial charge in [-0.1, -0.05) is 13.8 Å². The van der Waals surface area contributed by atoms with Crippen molar-refractivity contribution in [3.8, 4) is 0 Å². The molecule has 0 radical (unpaired) electrons. The molecule has 20 heavy (non-hydrogen) atoms. The quantitative estimate of drug-likeness (QED) is 0.818. The summed E-state index contributed by atoms with van der Waals surface area (Å²) in [6.45, 7) is 7.72. The second-order valence-corrected chi connectivity index (χ2v) is 8.48. The van der Waals surface area contributed by atoms with Gasteiger partial charge >= 0.3 is 0 Å². The molecule has 110 valence electrons. The third kappa shape index (κ3) is 2.69. The van der Waals surface area contributed by atoms with Crippen molar-refractivity contribution in [3.63, 3.8) is 0 Å². The van der Waals surface area contributed by atoms with E-state index in [1.54, 1.807) is 0 Å². The zero-order valence-electron chi connectivity index (χ0n) is 12.9. The number of aryl methyl sites for hydroxylation is 1. The lowest BCUT2D eigenvalue weighted by molar-refractivity contribution is 0.0909. The molecule has 0 amide bonds. The molecule has 0 atom stereocenters. The van der Waals surface area contributed by atoms with Crippen LogP contribution in [-0.2, 0) is 13.0 Å². The zero-order chi connectivity index (χ0) is 14.3. The first-order chi connectivity index (χ1) is 9.46. The van der Waals surface area contributed by atoms with Crippen LogP contribution in [0.3, 0.4) is 0 Å². The van der Waals surface area contributed by atoms with Gasteiger partial charge in [-0.2, -0.15) is 11.8 Å². The van der Waals surface area contributed by atoms with Crippen molar-refractivity contribution in [3.05, 3.63) is 23.0 Å². The van der Waals surface area contributed by atoms with E-state index in [0.29, 0.717) is 12.2 Å². The summed E-state index contributed by atoms with van der Waals surface area (Å²) in [4.78, 5) is 12.3. The number of carbonyl (C=O) groups is 1. The molecule has 0 bridgehead atoms. The van der Waals surface area contributed by atoms with Gasteiger partial charge in [0.05, 0.1) is 0 Å². The van der Waals surface area contributed by atoms with E-state index in [9.17, 15) is 4.79 Å². The molecule has 2 heterocycles. The lowest BCUT2D eigenvalue weighted by Crippen LogP contribution is -2.29. The third-order valence-electron chi connectivity index (χ3n) is 4.78. The van der Waals surface area contributed by atoms with Crippen LogP contribution in [0.15, 0.2) is 6.07 Å². The van der Waals surface area contributed by atoms with Gasteiger partial charge in [-0.25, -0.2) is 0 Å². The highest BCUT2D eigenvalue weighted by Gasteiger charge is 2.34. The van der Waals surface area contributed by atoms with Crippen molar-refractivity contribution < 1.29 is 4.79 Å². The average molecular weight is 291 g/mol. The van der Waals surface area contributed by atoms with Gasteiger partial charge in [0.25, 0.3) is 0 Å². The SMILES string of the molecule is Cc1cc2c(n1CC1CCSCC1)CC(C)(C)CC2=O. The number of aromatic nitrogens is 1. The monoisotopic (exact) mass is 291 g/mol. The van der Waals surface area contributed by atoms with Crippen LogP contribution in [0, 0.1) is 18.3 Å². The summed E-state index contributed by atoms with van der Waals surface area (Å²) in [6.07, 6.45) is 4.40. The van der Waals surface area contributed by atoms with Crippen molar-refractivity contribution in [1.29, 1.82) is 0 Å². The molecule has 1 aromatic heterocycles. The van der Waals surface area contributed by atoms with Gasteiger partial charge in [-0.15, -0.1) is 0 Å². The number of hydrogen-bond acceptors (Lipinski definition) is 2. The van der Waals surface area contributed by atoms with Crippen LogP contribution < -0.4 is 0 Å². The maximum atomic E-state index is 12.3. The Labute approximate surface area is 126 Å². The molecule has 2 nitrogen and oxygen atoms in total. The number of thioether (sulfide) groups is 1. The number of hydrogen-bond donors (Lipinski definition) is 0. The van der Waals surface area contributed by atoms with Crippen LogP contribution in [0.25, 0.3) is 0 Å². The Balaban J connectivity index is 1.90. The third-order valence-corrected chi connectivity index (χ3v) is 5.83. The number of carbonyl (C=O) groups excluding carboxylic acids is 1. The molecule has 0 aromatic carbocycles. The van der Waals surface area contributed by atoms with Crippen LogP contribution in [0.2, 0.25) is 0 Å². The highest BCUT2D eigenvalue weighted by molar-refractivity contribution is 7.99. The molecule has 1 aliphatic heterocycles. The summed E-state index contributed by atoms with van der Waals surface area (Å²) < 4.78 is 2.45. The average Bonchev–Trinajstić information content (AvgIpc) is 2.67. The molecular weight excluding hydrogens is 266 g/mol. The van der Waals surface area contributed by atoms with E-state index in [-0.39, 0.29) is 5.41 Å². The molecule has 0 N–H and O–H groups in total. The van der Waals surface area contributed by atoms with Crippen molar-refractivity contribution in [2.75, 3.05) is 11.5 Å². The second kappa shape index (κ2) is 5.25. The molecule has 1 fully saturated rings. The normalized spacial score (nSPS) is 22.9. The highest BCUT2D eigenvalue weighted by Crippen LogP contribution is 2.37. The maximum absolute atomic E-state index is 12.3. The molecule has 1 aromatic rings. The van der Waals surface area contributed by atoms with E-state index in [4.69, 9.17) is 0 Å². The summed E-state index contributed by atoms with van der Waals surface area (Å²) in [5, 5.41) is 0. The molecule has 2 aliphatic rings. The predicted molar refractivity (Wildman–Crippen MR) is 85.7 cm³/mol. The molecule has 3 heteroatoms. The maximum Gasteiger partial charge on any atom is 0.165 e. The van der Waals surface area contributed by atoms with Gasteiger partial charge in [-0.05, 0) is 55.1 Å². The van der Waals surface area contributed by atoms with E-state index < -0.39 is 0 Å². The van der Waals surface area contributed by atoms with Crippen molar-refractivity contribution in [2.24, 2.45) is 11.3 Å². The molecule has 0 spiro atoms. The standard InChI is InChI=1S/C17H25NOS/c1-12-8-14-15(9-17(2,3)10-16(14)19)18(12)11-13-4-6-20-7-5-13/h8,13H,4-7,9-11H2,1-3H3. The molecule has 1 aliphatic carbocycles. The minimum absolute atomic E-state index is 0.120. The summed E-state index contributed by atoms with van der Waals surface area (Å²) in [7, 11) is 0. The van der Waals surface area contributed by atoms with Gasteiger partial charge in [0.1, 0.15) is 0 Å². The summed E-state index contributed by atoms with van der Waals surface area (Å²) in [6, 6.07) is 2.13. The number of rotatable bonds is 2. The zero-order valence-corrected chi connectivity index (χ0v) is 13.7. The van der Waals surface area contributed by atoms with Gasteiger partial charge < -0.3 is 4.57 Å². The Morgan fingerprint density at radius 1 is 1.30 bits per heavy atom. The van der Waals surface area contributed by atoms with Gasteiger partial charge in [0.2, 0.25) is 0 Å². The molecule has 0 unspecified atom stereocenters. The lowest BCUT2D eigenvalue weighted by atomic mass is 9.76. The molecule has 1 saturated heterocycles. The first-order valence-electron chi connectivity index (χ1n) is 7.76. The Morgan fingerprint density at radius 3 is 2.70 bits per heavy atom. The fourth-order valence-corrected chi connectivity index (χ4v) is 4.85. The Bertz CT molecular complexity index is 523. The smallest absolute Gasteiger partial charge is 0.165 e. The van der Waals surface area contributed by atoms with Gasteiger partial charge in [0.15, 0.2) is 5.78 Å². The highest BCUT2D eigenvalue weighted by atomic mass is 32.2. The number of Topliss-reactive ketones (excluding diaryl/α,β-unsaturated/α-hetero) is 1. The van der Waals surface area contributed by atoms with Crippen LogP contribution in [0.1, 0.15) is 54.9 Å². The van der Waals surface area contributed by atoms with E-state index in [1.807, 2.05) is 0 Å². The number of ketones is 1. The fourth-order valence-electron chi connectivity index (χ4n) is 3.65.